The first-order valence-electron chi connectivity index (χ1n) is 15.7. The van der Waals surface area contributed by atoms with Crippen molar-refractivity contribution in [3.63, 3.8) is 0 Å². The van der Waals surface area contributed by atoms with Gasteiger partial charge in [0.05, 0.1) is 18.8 Å². The summed E-state index contributed by atoms with van der Waals surface area (Å²) < 4.78 is 6.60. The Morgan fingerprint density at radius 1 is 1.18 bits per heavy atom. The van der Waals surface area contributed by atoms with E-state index in [1.807, 2.05) is 4.90 Å². The largest absolute Gasteiger partial charge is 0.348 e. The van der Waals surface area contributed by atoms with E-state index in [1.165, 1.54) is 51.0 Å². The molecule has 8 nitrogen and oxygen atoms in total. The van der Waals surface area contributed by atoms with Gasteiger partial charge in [0.15, 0.2) is 6.35 Å². The van der Waals surface area contributed by atoms with Crippen molar-refractivity contribution in [3.8, 4) is 0 Å². The van der Waals surface area contributed by atoms with Gasteiger partial charge in [-0.05, 0) is 87.1 Å². The van der Waals surface area contributed by atoms with Gasteiger partial charge in [-0.2, -0.15) is 0 Å². The van der Waals surface area contributed by atoms with E-state index >= 15 is 0 Å². The van der Waals surface area contributed by atoms with Gasteiger partial charge in [-0.3, -0.25) is 20.3 Å². The van der Waals surface area contributed by atoms with Crippen LogP contribution >= 0.6 is 0 Å². The second-order valence-electron chi connectivity index (χ2n) is 13.4. The Bertz CT molecular complexity index is 1070. The van der Waals surface area contributed by atoms with Crippen LogP contribution in [0.5, 0.6) is 0 Å². The SMILES string of the molecule is C=CC(=O)N1CCN(C2NC(OCC3CCCN3C)NC3CC4(CCC32)Cc2ccccc2C(C)C4)CC1CN. The number of nitrogens with two attached hydrogens (primary N) is 1. The first kappa shape index (κ1) is 28.3. The molecule has 8 unspecified atom stereocenters. The molecule has 2 aliphatic carbocycles. The number of hydrogen-bond donors (Lipinski definition) is 3. The van der Waals surface area contributed by atoms with Crippen LogP contribution in [0.2, 0.25) is 0 Å². The summed E-state index contributed by atoms with van der Waals surface area (Å²) in [5.74, 6) is 1.08. The quantitative estimate of drug-likeness (QED) is 0.469. The molecule has 1 aromatic carbocycles. The third-order valence-corrected chi connectivity index (χ3v) is 10.9. The zero-order valence-electron chi connectivity index (χ0n) is 24.6. The maximum atomic E-state index is 12.5. The molecule has 3 heterocycles. The number of amides is 1. The molecule has 1 amide bonds. The number of fused-ring (bicyclic) bond motifs is 2. The summed E-state index contributed by atoms with van der Waals surface area (Å²) in [6.45, 7) is 10.8. The van der Waals surface area contributed by atoms with Gasteiger partial charge in [-0.15, -0.1) is 0 Å². The molecular weight excluding hydrogens is 500 g/mol. The minimum Gasteiger partial charge on any atom is -0.348 e. The monoisotopic (exact) mass is 550 g/mol. The van der Waals surface area contributed by atoms with Crippen molar-refractivity contribution in [1.82, 2.24) is 25.3 Å². The summed E-state index contributed by atoms with van der Waals surface area (Å²) in [6, 6.07) is 10.0. The van der Waals surface area contributed by atoms with Crippen LogP contribution in [0.4, 0.5) is 0 Å². The number of carbonyl (C=O) groups is 1. The third-order valence-electron chi connectivity index (χ3n) is 10.9. The molecule has 1 saturated carbocycles. The van der Waals surface area contributed by atoms with Gasteiger partial charge in [0, 0.05) is 44.2 Å². The molecular formula is C32H50N6O2. The first-order chi connectivity index (χ1) is 19.4. The molecule has 4 fully saturated rings. The Balaban J connectivity index is 1.21. The smallest absolute Gasteiger partial charge is 0.246 e. The fourth-order valence-corrected chi connectivity index (χ4v) is 8.84. The number of rotatable bonds is 6. The summed E-state index contributed by atoms with van der Waals surface area (Å²) in [6.07, 6.45) is 10.0. The molecule has 3 saturated heterocycles. The van der Waals surface area contributed by atoms with E-state index in [9.17, 15) is 4.79 Å². The minimum atomic E-state index is -0.173. The number of ether oxygens (including phenoxy) is 1. The highest BCUT2D eigenvalue weighted by molar-refractivity contribution is 5.87. The number of carbonyl (C=O) groups excluding carboxylic acids is 1. The summed E-state index contributed by atoms with van der Waals surface area (Å²) in [5.41, 5.74) is 9.64. The summed E-state index contributed by atoms with van der Waals surface area (Å²) in [5, 5.41) is 7.84. The zero-order valence-corrected chi connectivity index (χ0v) is 24.6. The van der Waals surface area contributed by atoms with Gasteiger partial charge in [-0.25, -0.2) is 0 Å². The molecule has 3 aliphatic heterocycles. The summed E-state index contributed by atoms with van der Waals surface area (Å²) >= 11 is 0. The number of nitrogens with one attached hydrogen (secondary N) is 2. The fourth-order valence-electron chi connectivity index (χ4n) is 8.84. The predicted octanol–water partition coefficient (Wildman–Crippen LogP) is 2.46. The standard InChI is InChI=1S/C32H50N6O2/c1-4-29(39)38-15-14-37(20-25(38)19-33)30-27-11-12-32(16-22(2)26-10-6-5-8-23(26)17-32)18-28(27)34-31(35-30)40-21-24-9-7-13-36(24)3/h4-6,8,10,22,24-25,27-28,30-31,34-35H,1,7,9,11-21,33H2,2-3H3. The lowest BCUT2D eigenvalue weighted by Crippen LogP contribution is -2.73. The van der Waals surface area contributed by atoms with Gasteiger partial charge >= 0.3 is 0 Å². The lowest BCUT2D eigenvalue weighted by atomic mass is 9.58. The van der Waals surface area contributed by atoms with Crippen molar-refractivity contribution in [2.45, 2.75) is 88.4 Å². The van der Waals surface area contributed by atoms with Crippen LogP contribution in [-0.4, -0.2) is 97.6 Å². The molecule has 4 N–H and O–H groups in total. The highest BCUT2D eigenvalue weighted by Gasteiger charge is 2.50. The van der Waals surface area contributed by atoms with Gasteiger partial charge in [-0.1, -0.05) is 37.8 Å². The molecule has 0 aromatic heterocycles. The fraction of sp³-hybridized carbons (Fsp3) is 0.719. The van der Waals surface area contributed by atoms with Crippen molar-refractivity contribution in [1.29, 1.82) is 0 Å². The van der Waals surface area contributed by atoms with Crippen molar-refractivity contribution >= 4 is 5.91 Å². The van der Waals surface area contributed by atoms with E-state index < -0.39 is 0 Å². The van der Waals surface area contributed by atoms with Gasteiger partial charge < -0.3 is 20.3 Å². The van der Waals surface area contributed by atoms with E-state index in [2.05, 4.69) is 65.2 Å². The first-order valence-corrected chi connectivity index (χ1v) is 15.7. The second-order valence-corrected chi connectivity index (χ2v) is 13.4. The number of hydrogen-bond acceptors (Lipinski definition) is 7. The van der Waals surface area contributed by atoms with E-state index in [-0.39, 0.29) is 24.5 Å². The minimum absolute atomic E-state index is 0.00604. The van der Waals surface area contributed by atoms with Crippen molar-refractivity contribution in [2.75, 3.05) is 46.4 Å². The van der Waals surface area contributed by atoms with Crippen LogP contribution in [-0.2, 0) is 16.0 Å². The zero-order chi connectivity index (χ0) is 27.9. The average Bonchev–Trinajstić information content (AvgIpc) is 3.39. The molecule has 8 atom stereocenters. The lowest BCUT2D eigenvalue weighted by Gasteiger charge is -2.56. The summed E-state index contributed by atoms with van der Waals surface area (Å²) in [4.78, 5) is 19.4. The predicted molar refractivity (Wildman–Crippen MR) is 159 cm³/mol. The van der Waals surface area contributed by atoms with Gasteiger partial charge in [0.2, 0.25) is 5.91 Å². The Morgan fingerprint density at radius 2 is 2.02 bits per heavy atom. The van der Waals surface area contributed by atoms with E-state index in [0.717, 1.165) is 26.2 Å². The highest BCUT2D eigenvalue weighted by atomic mass is 16.5. The maximum absolute atomic E-state index is 12.5. The maximum Gasteiger partial charge on any atom is 0.246 e. The number of benzene rings is 1. The van der Waals surface area contributed by atoms with Crippen molar-refractivity contribution in [2.24, 2.45) is 17.1 Å². The van der Waals surface area contributed by atoms with Crippen molar-refractivity contribution < 1.29 is 9.53 Å². The Labute approximate surface area is 240 Å². The number of likely N-dealkylation sites (tertiary alicyclic amines) is 1. The van der Waals surface area contributed by atoms with Crippen molar-refractivity contribution in [3.05, 3.63) is 48.0 Å². The molecule has 220 valence electrons. The Morgan fingerprint density at radius 3 is 2.80 bits per heavy atom. The topological polar surface area (TPSA) is 86.1 Å². The van der Waals surface area contributed by atoms with Crippen LogP contribution in [0.1, 0.15) is 62.5 Å². The molecule has 5 aliphatic rings. The molecule has 40 heavy (non-hydrogen) atoms. The number of piperazine rings is 1. The molecule has 0 radical (unpaired) electrons. The molecule has 1 spiro atoms. The van der Waals surface area contributed by atoms with Crippen LogP contribution in [0.15, 0.2) is 36.9 Å². The lowest BCUT2D eigenvalue weighted by molar-refractivity contribution is -0.137. The van der Waals surface area contributed by atoms with Crippen LogP contribution in [0, 0.1) is 11.3 Å². The third kappa shape index (κ3) is 5.51. The average molecular weight is 551 g/mol. The summed E-state index contributed by atoms with van der Waals surface area (Å²) in [7, 11) is 2.21. The van der Waals surface area contributed by atoms with Crippen LogP contribution < -0.4 is 16.4 Å². The molecule has 0 bridgehead atoms. The number of likely N-dealkylation sites (N-methyl/N-ethyl adjacent to an activating group) is 1. The Kier molecular flexibility index (Phi) is 8.37. The molecule has 8 heteroatoms. The normalized spacial score (nSPS) is 38.7. The molecule has 6 rings (SSSR count). The molecule has 1 aromatic rings. The van der Waals surface area contributed by atoms with E-state index in [4.69, 9.17) is 10.5 Å². The van der Waals surface area contributed by atoms with Gasteiger partial charge in [0.1, 0.15) is 0 Å². The second kappa shape index (κ2) is 11.8. The van der Waals surface area contributed by atoms with Gasteiger partial charge in [0.25, 0.3) is 0 Å². The Hall–Kier alpha value is -1.81. The number of nitrogens with zero attached hydrogens (tertiary/aromatic N) is 3. The van der Waals surface area contributed by atoms with E-state index in [0.29, 0.717) is 42.4 Å². The highest BCUT2D eigenvalue weighted by Crippen LogP contribution is 2.52. The van der Waals surface area contributed by atoms with Crippen LogP contribution in [0.3, 0.4) is 0 Å². The van der Waals surface area contributed by atoms with Crippen LogP contribution in [0.25, 0.3) is 0 Å². The van der Waals surface area contributed by atoms with E-state index in [1.54, 1.807) is 11.1 Å².